The van der Waals surface area contributed by atoms with Crippen molar-refractivity contribution < 1.29 is 19.1 Å². The van der Waals surface area contributed by atoms with Gasteiger partial charge in [0.05, 0.1) is 5.69 Å². The number of pyridine rings is 1. The Morgan fingerprint density at radius 1 is 1.60 bits per heavy atom. The van der Waals surface area contributed by atoms with E-state index >= 15 is 0 Å². The number of hydrogen-bond acceptors (Lipinski definition) is 5. The van der Waals surface area contributed by atoms with E-state index in [0.29, 0.717) is 18.8 Å². The molecule has 1 aromatic heterocycles. The van der Waals surface area contributed by atoms with Crippen LogP contribution >= 0.6 is 8.25 Å². The summed E-state index contributed by atoms with van der Waals surface area (Å²) in [4.78, 5) is 12.5. The Kier molecular flexibility index (Phi) is 2.93. The number of hydrogen-bond donors (Lipinski definition) is 3. The van der Waals surface area contributed by atoms with Gasteiger partial charge in [-0.2, -0.15) is 0 Å². The van der Waals surface area contributed by atoms with Gasteiger partial charge in [-0.15, -0.1) is 4.89 Å². The van der Waals surface area contributed by atoms with Gasteiger partial charge in [-0.1, -0.05) is 6.07 Å². The lowest BCUT2D eigenvalue weighted by Crippen LogP contribution is -2.28. The second kappa shape index (κ2) is 4.20. The van der Waals surface area contributed by atoms with Crippen LogP contribution in [0.2, 0.25) is 0 Å². The maximum atomic E-state index is 10.4. The summed E-state index contributed by atoms with van der Waals surface area (Å²) >= 11 is 0. The van der Waals surface area contributed by atoms with Crippen molar-refractivity contribution in [3.63, 3.8) is 0 Å². The molecule has 0 bridgehead atoms. The molecule has 1 aliphatic rings. The summed E-state index contributed by atoms with van der Waals surface area (Å²) in [6.07, 6.45) is -0.700. The fraction of sp³-hybridized carbons (Fsp3) is 0.375. The van der Waals surface area contributed by atoms with Crippen molar-refractivity contribution in [2.75, 3.05) is 6.54 Å². The normalized spacial score (nSPS) is 20.7. The Balaban J connectivity index is 2.31. The first-order valence-corrected chi connectivity index (χ1v) is 5.52. The van der Waals surface area contributed by atoms with Crippen molar-refractivity contribution in [2.45, 2.75) is 12.6 Å². The molecule has 2 unspecified atom stereocenters. The number of β-amino-alcohol motifs (C(OH)–C–C–N with tert-alkyl or cyclic N) is 1. The summed E-state index contributed by atoms with van der Waals surface area (Å²) in [5.74, 6) is 0.0540. The third kappa shape index (κ3) is 2.30. The van der Waals surface area contributed by atoms with E-state index in [1.807, 2.05) is 0 Å². The predicted octanol–water partition coefficient (Wildman–Crippen LogP) is 0.247. The lowest BCUT2D eigenvalue weighted by Gasteiger charge is -2.20. The molecule has 0 aromatic carbocycles. The van der Waals surface area contributed by atoms with Crippen molar-refractivity contribution >= 4 is 8.25 Å². The third-order valence-corrected chi connectivity index (χ3v) is 2.47. The molecule has 0 fully saturated rings. The zero-order valence-electron chi connectivity index (χ0n) is 7.75. The standard InChI is InChI=1S/C8H9N2O4P/c11-6-4-9-3-5-1-2-7(10-8(5)6)14-15(12)13/h1-2,6,9,11H,3-4H2/p+1. The Bertz CT molecular complexity index is 398. The Hall–Kier alpha value is -1.07. The summed E-state index contributed by atoms with van der Waals surface area (Å²) < 4.78 is 15.0. The van der Waals surface area contributed by atoms with Gasteiger partial charge in [-0.3, -0.25) is 0 Å². The van der Waals surface area contributed by atoms with E-state index in [1.54, 1.807) is 6.07 Å². The molecule has 15 heavy (non-hydrogen) atoms. The fourth-order valence-corrected chi connectivity index (χ4v) is 1.76. The van der Waals surface area contributed by atoms with Gasteiger partial charge in [0.1, 0.15) is 6.10 Å². The van der Waals surface area contributed by atoms with E-state index in [9.17, 15) is 9.67 Å². The number of rotatable bonds is 2. The fourth-order valence-electron chi connectivity index (χ4n) is 1.49. The minimum absolute atomic E-state index is 0.0540. The van der Waals surface area contributed by atoms with Gasteiger partial charge in [-0.05, 0) is 5.56 Å². The van der Waals surface area contributed by atoms with Crippen LogP contribution in [0, 0.1) is 0 Å². The van der Waals surface area contributed by atoms with Crippen molar-refractivity contribution in [2.24, 2.45) is 0 Å². The van der Waals surface area contributed by atoms with Crippen LogP contribution < -0.4 is 9.84 Å². The highest BCUT2D eigenvalue weighted by Crippen LogP contribution is 2.26. The molecule has 1 aromatic rings. The van der Waals surface area contributed by atoms with Crippen molar-refractivity contribution in [1.82, 2.24) is 10.3 Å². The molecule has 7 heteroatoms. The molecule has 0 saturated carbocycles. The van der Waals surface area contributed by atoms with Crippen LogP contribution in [0.15, 0.2) is 12.1 Å². The molecule has 0 saturated heterocycles. The second-order valence-corrected chi connectivity index (χ2v) is 3.83. The summed E-state index contributed by atoms with van der Waals surface area (Å²) in [5.41, 5.74) is 1.37. The first kappa shape index (κ1) is 10.4. The average molecular weight is 229 g/mol. The van der Waals surface area contributed by atoms with E-state index in [1.165, 1.54) is 6.07 Å². The van der Waals surface area contributed by atoms with Crippen LogP contribution in [0.5, 0.6) is 5.88 Å². The molecule has 80 valence electrons. The molecule has 2 rings (SSSR count). The SMILES string of the molecule is O=[P+](O)Oc1ccc2c(n1)C(O)CNC2. The molecular formula is C8H10N2O4P+. The molecule has 0 aliphatic carbocycles. The van der Waals surface area contributed by atoms with Crippen LogP contribution in [0.4, 0.5) is 0 Å². The molecule has 2 atom stereocenters. The van der Waals surface area contributed by atoms with Gasteiger partial charge in [-0.25, -0.2) is 9.51 Å². The number of nitrogens with one attached hydrogen (secondary N) is 1. The van der Waals surface area contributed by atoms with Gasteiger partial charge in [0, 0.05) is 23.7 Å². The molecular weight excluding hydrogens is 219 g/mol. The predicted molar refractivity (Wildman–Crippen MR) is 51.4 cm³/mol. The molecule has 6 nitrogen and oxygen atoms in total. The van der Waals surface area contributed by atoms with Crippen LogP contribution in [-0.4, -0.2) is 21.5 Å². The Morgan fingerprint density at radius 2 is 2.40 bits per heavy atom. The largest absolute Gasteiger partial charge is 0.749 e. The van der Waals surface area contributed by atoms with E-state index in [4.69, 9.17) is 4.89 Å². The van der Waals surface area contributed by atoms with E-state index < -0.39 is 14.4 Å². The monoisotopic (exact) mass is 229 g/mol. The number of fused-ring (bicyclic) bond motifs is 1. The molecule has 3 N–H and O–H groups in total. The number of aliphatic hydroxyl groups excluding tert-OH is 1. The maximum absolute atomic E-state index is 10.4. The highest BCUT2D eigenvalue weighted by Gasteiger charge is 2.22. The van der Waals surface area contributed by atoms with E-state index in [0.717, 1.165) is 5.56 Å². The zero-order chi connectivity index (χ0) is 10.8. The van der Waals surface area contributed by atoms with Gasteiger partial charge in [0.2, 0.25) is 0 Å². The van der Waals surface area contributed by atoms with Gasteiger partial charge in [0.15, 0.2) is 0 Å². The summed E-state index contributed by atoms with van der Waals surface area (Å²) in [6, 6.07) is 3.22. The van der Waals surface area contributed by atoms with Gasteiger partial charge >= 0.3 is 8.25 Å². The second-order valence-electron chi connectivity index (χ2n) is 3.17. The lowest BCUT2D eigenvalue weighted by molar-refractivity contribution is 0.159. The first-order chi connectivity index (χ1) is 7.16. The molecule has 1 aliphatic heterocycles. The van der Waals surface area contributed by atoms with Crippen LogP contribution in [0.1, 0.15) is 17.4 Å². The molecule has 0 radical (unpaired) electrons. The quantitative estimate of drug-likeness (QED) is 0.629. The summed E-state index contributed by atoms with van der Waals surface area (Å²) in [5, 5.41) is 12.6. The first-order valence-electron chi connectivity index (χ1n) is 4.39. The lowest BCUT2D eigenvalue weighted by atomic mass is 10.1. The van der Waals surface area contributed by atoms with Crippen molar-refractivity contribution in [3.8, 4) is 5.88 Å². The number of aromatic nitrogens is 1. The minimum atomic E-state index is -2.71. The summed E-state index contributed by atoms with van der Waals surface area (Å²) in [6.45, 7) is 1.06. The smallest absolute Gasteiger partial charge is 0.385 e. The van der Waals surface area contributed by atoms with Crippen LogP contribution in [-0.2, 0) is 11.1 Å². The molecule has 0 amide bonds. The number of nitrogens with zero attached hydrogens (tertiary/aromatic N) is 1. The van der Waals surface area contributed by atoms with Crippen molar-refractivity contribution in [3.05, 3.63) is 23.4 Å². The Morgan fingerprint density at radius 3 is 3.13 bits per heavy atom. The van der Waals surface area contributed by atoms with E-state index in [-0.39, 0.29) is 5.88 Å². The third-order valence-electron chi connectivity index (χ3n) is 2.13. The van der Waals surface area contributed by atoms with Crippen LogP contribution in [0.25, 0.3) is 0 Å². The topological polar surface area (TPSA) is 91.7 Å². The molecule has 2 heterocycles. The zero-order valence-corrected chi connectivity index (χ0v) is 8.65. The van der Waals surface area contributed by atoms with Gasteiger partial charge in [0.25, 0.3) is 5.88 Å². The number of aliphatic hydroxyl groups is 1. The average Bonchev–Trinajstić information content (AvgIpc) is 2.18. The maximum Gasteiger partial charge on any atom is 0.749 e. The Labute approximate surface area is 86.9 Å². The summed E-state index contributed by atoms with van der Waals surface area (Å²) in [7, 11) is -2.71. The van der Waals surface area contributed by atoms with Crippen LogP contribution in [0.3, 0.4) is 0 Å². The van der Waals surface area contributed by atoms with E-state index in [2.05, 4.69) is 14.8 Å². The highest BCUT2D eigenvalue weighted by atomic mass is 31.1. The minimum Gasteiger partial charge on any atom is -0.385 e. The highest BCUT2D eigenvalue weighted by molar-refractivity contribution is 7.32. The molecule has 0 spiro atoms. The van der Waals surface area contributed by atoms with Crippen molar-refractivity contribution in [1.29, 1.82) is 0 Å². The van der Waals surface area contributed by atoms with Gasteiger partial charge < -0.3 is 10.4 Å².